The molecular weight excluding hydrogens is 264 g/mol. The van der Waals surface area contributed by atoms with Gasteiger partial charge in [-0.3, -0.25) is 14.6 Å². The number of nitrogens with zero attached hydrogens (tertiary/aromatic N) is 4. The molecule has 0 aromatic carbocycles. The van der Waals surface area contributed by atoms with E-state index in [0.717, 1.165) is 4.68 Å². The molecule has 9 nitrogen and oxygen atoms in total. The lowest BCUT2D eigenvalue weighted by Crippen LogP contribution is -2.39. The average Bonchev–Trinajstić information content (AvgIpc) is 2.78. The van der Waals surface area contributed by atoms with Crippen molar-refractivity contribution in [3.05, 3.63) is 44.2 Å². The summed E-state index contributed by atoms with van der Waals surface area (Å²) in [5, 5.41) is 3.83. The number of carbonyl (C=O) groups is 1. The molecule has 3 rings (SSSR count). The van der Waals surface area contributed by atoms with Gasteiger partial charge in [0.1, 0.15) is 0 Å². The minimum Gasteiger partial charge on any atom is -0.330 e. The van der Waals surface area contributed by atoms with Crippen molar-refractivity contribution in [3.8, 4) is 0 Å². The Bertz CT molecular complexity index is 786. The van der Waals surface area contributed by atoms with Crippen LogP contribution in [0.15, 0.2) is 15.9 Å². The molecule has 0 fully saturated rings. The van der Waals surface area contributed by atoms with Gasteiger partial charge in [0, 0.05) is 19.2 Å². The summed E-state index contributed by atoms with van der Waals surface area (Å²) in [6.07, 6.45) is 1.75. The van der Waals surface area contributed by atoms with Crippen molar-refractivity contribution in [2.45, 2.75) is 13.0 Å². The highest BCUT2D eigenvalue weighted by Crippen LogP contribution is 2.14. The maximum Gasteiger partial charge on any atom is 0.343 e. The van der Waals surface area contributed by atoms with Crippen LogP contribution in [-0.2, 0) is 20.0 Å². The Hall–Kier alpha value is -2.71. The molecule has 0 saturated carbocycles. The van der Waals surface area contributed by atoms with E-state index in [2.05, 4.69) is 20.1 Å². The lowest BCUT2D eigenvalue weighted by Gasteiger charge is -2.26. The fourth-order valence-corrected chi connectivity index (χ4v) is 2.19. The Morgan fingerprint density at radius 3 is 2.90 bits per heavy atom. The van der Waals surface area contributed by atoms with Gasteiger partial charge in [0.2, 0.25) is 5.82 Å². The molecule has 2 aromatic heterocycles. The molecule has 1 amide bonds. The standard InChI is InChI=1S/C11H12N6O3/c1-16-11(20)14-8(15-16)10(19)17-3-2-6-7(4-17)12-5-13-9(6)18/h5H,2-4H2,1H3,(H,12,13,18)(H,14,15,20). The van der Waals surface area contributed by atoms with E-state index < -0.39 is 5.69 Å². The van der Waals surface area contributed by atoms with E-state index in [4.69, 9.17) is 0 Å². The number of amides is 1. The number of aryl methyl sites for hydroxylation is 1. The smallest absolute Gasteiger partial charge is 0.330 e. The molecule has 2 aromatic rings. The number of hydrogen-bond acceptors (Lipinski definition) is 5. The number of aromatic amines is 2. The van der Waals surface area contributed by atoms with Gasteiger partial charge < -0.3 is 9.88 Å². The molecule has 0 spiro atoms. The Morgan fingerprint density at radius 2 is 2.20 bits per heavy atom. The van der Waals surface area contributed by atoms with Gasteiger partial charge in [0.25, 0.3) is 11.5 Å². The van der Waals surface area contributed by atoms with E-state index in [0.29, 0.717) is 24.2 Å². The van der Waals surface area contributed by atoms with Crippen molar-refractivity contribution >= 4 is 5.91 Å². The largest absolute Gasteiger partial charge is 0.343 e. The first-order chi connectivity index (χ1) is 9.56. The second-order valence-corrected chi connectivity index (χ2v) is 4.54. The summed E-state index contributed by atoms with van der Waals surface area (Å²) in [4.78, 5) is 45.6. The monoisotopic (exact) mass is 276 g/mol. The summed E-state index contributed by atoms with van der Waals surface area (Å²) in [7, 11) is 1.46. The molecule has 104 valence electrons. The molecule has 0 aliphatic carbocycles. The van der Waals surface area contributed by atoms with E-state index in [9.17, 15) is 14.4 Å². The highest BCUT2D eigenvalue weighted by atomic mass is 16.2. The summed E-state index contributed by atoms with van der Waals surface area (Å²) in [5.74, 6) is -0.388. The van der Waals surface area contributed by atoms with Crippen molar-refractivity contribution in [3.63, 3.8) is 0 Å². The number of hydrogen-bond donors (Lipinski definition) is 2. The predicted octanol–water partition coefficient (Wildman–Crippen LogP) is -1.61. The minimum absolute atomic E-state index is 0.00853. The van der Waals surface area contributed by atoms with Crippen LogP contribution < -0.4 is 11.2 Å². The molecule has 2 N–H and O–H groups in total. The van der Waals surface area contributed by atoms with Crippen LogP contribution in [0.5, 0.6) is 0 Å². The lowest BCUT2D eigenvalue weighted by molar-refractivity contribution is 0.0718. The Kier molecular flexibility index (Phi) is 2.74. The first-order valence-corrected chi connectivity index (χ1v) is 6.04. The Morgan fingerprint density at radius 1 is 1.40 bits per heavy atom. The van der Waals surface area contributed by atoms with Gasteiger partial charge in [-0.1, -0.05) is 0 Å². The predicted molar refractivity (Wildman–Crippen MR) is 67.1 cm³/mol. The van der Waals surface area contributed by atoms with Crippen LogP contribution in [0, 0.1) is 0 Å². The number of carbonyl (C=O) groups excluding carboxylic acids is 1. The maximum atomic E-state index is 12.2. The first kappa shape index (κ1) is 12.3. The zero-order valence-corrected chi connectivity index (χ0v) is 10.7. The molecule has 20 heavy (non-hydrogen) atoms. The summed E-state index contributed by atoms with van der Waals surface area (Å²) in [6, 6.07) is 0. The van der Waals surface area contributed by atoms with E-state index in [1.165, 1.54) is 18.3 Å². The van der Waals surface area contributed by atoms with Gasteiger partial charge in [0.05, 0.1) is 18.6 Å². The molecule has 0 radical (unpaired) electrons. The molecule has 9 heteroatoms. The minimum atomic E-state index is -0.444. The van der Waals surface area contributed by atoms with Crippen molar-refractivity contribution in [1.82, 2.24) is 29.6 Å². The molecule has 1 aliphatic heterocycles. The molecule has 0 atom stereocenters. The zero-order chi connectivity index (χ0) is 14.3. The second kappa shape index (κ2) is 4.44. The van der Waals surface area contributed by atoms with Gasteiger partial charge >= 0.3 is 5.69 Å². The van der Waals surface area contributed by atoms with Crippen molar-refractivity contribution in [1.29, 1.82) is 0 Å². The first-order valence-electron chi connectivity index (χ1n) is 6.04. The van der Waals surface area contributed by atoms with Gasteiger partial charge in [-0.15, -0.1) is 5.10 Å². The normalized spacial score (nSPS) is 14.2. The van der Waals surface area contributed by atoms with E-state index >= 15 is 0 Å². The van der Waals surface area contributed by atoms with Gasteiger partial charge in [-0.25, -0.2) is 14.5 Å². The number of aromatic nitrogens is 5. The third kappa shape index (κ3) is 1.92. The van der Waals surface area contributed by atoms with E-state index in [1.807, 2.05) is 0 Å². The summed E-state index contributed by atoms with van der Waals surface area (Å²) in [5.41, 5.74) is 0.561. The SMILES string of the molecule is Cn1nc(C(=O)N2CCc3c(nc[nH]c3=O)C2)[nH]c1=O. The highest BCUT2D eigenvalue weighted by molar-refractivity contribution is 5.90. The quantitative estimate of drug-likeness (QED) is 0.650. The topological polar surface area (TPSA) is 117 Å². The molecule has 0 unspecified atom stereocenters. The molecule has 1 aliphatic rings. The van der Waals surface area contributed by atoms with Crippen LogP contribution in [0.1, 0.15) is 21.9 Å². The van der Waals surface area contributed by atoms with Crippen LogP contribution in [0.25, 0.3) is 0 Å². The van der Waals surface area contributed by atoms with Crippen molar-refractivity contribution < 1.29 is 4.79 Å². The van der Waals surface area contributed by atoms with Crippen LogP contribution in [0.3, 0.4) is 0 Å². The average molecular weight is 276 g/mol. The molecule has 3 heterocycles. The number of nitrogens with one attached hydrogen (secondary N) is 2. The van der Waals surface area contributed by atoms with Gasteiger partial charge in [-0.2, -0.15) is 0 Å². The van der Waals surface area contributed by atoms with Crippen molar-refractivity contribution in [2.75, 3.05) is 6.54 Å². The number of rotatable bonds is 1. The summed E-state index contributed by atoms with van der Waals surface area (Å²) in [6.45, 7) is 0.621. The van der Waals surface area contributed by atoms with Crippen LogP contribution >= 0.6 is 0 Å². The maximum absolute atomic E-state index is 12.2. The molecule has 0 bridgehead atoms. The summed E-state index contributed by atoms with van der Waals surface area (Å²) < 4.78 is 1.06. The third-order valence-corrected chi connectivity index (χ3v) is 3.27. The molecule has 0 saturated heterocycles. The van der Waals surface area contributed by atoms with Crippen LogP contribution in [0.4, 0.5) is 0 Å². The summed E-state index contributed by atoms with van der Waals surface area (Å²) >= 11 is 0. The van der Waals surface area contributed by atoms with Crippen molar-refractivity contribution in [2.24, 2.45) is 7.05 Å². The second-order valence-electron chi connectivity index (χ2n) is 4.54. The Balaban J connectivity index is 1.89. The van der Waals surface area contributed by atoms with Crippen LogP contribution in [0.2, 0.25) is 0 Å². The number of H-pyrrole nitrogens is 2. The Labute approximate surface area is 112 Å². The fraction of sp³-hybridized carbons (Fsp3) is 0.364. The fourth-order valence-electron chi connectivity index (χ4n) is 2.19. The van der Waals surface area contributed by atoms with Crippen LogP contribution in [-0.4, -0.2) is 42.1 Å². The highest BCUT2D eigenvalue weighted by Gasteiger charge is 2.26. The number of fused-ring (bicyclic) bond motifs is 1. The molecular formula is C11H12N6O3. The third-order valence-electron chi connectivity index (χ3n) is 3.27. The lowest BCUT2D eigenvalue weighted by atomic mass is 10.1. The van der Waals surface area contributed by atoms with E-state index in [-0.39, 0.29) is 23.8 Å². The zero-order valence-electron chi connectivity index (χ0n) is 10.7. The van der Waals surface area contributed by atoms with Gasteiger partial charge in [0.15, 0.2) is 0 Å². The van der Waals surface area contributed by atoms with E-state index in [1.54, 1.807) is 0 Å². The van der Waals surface area contributed by atoms with Gasteiger partial charge in [-0.05, 0) is 6.42 Å².